The maximum atomic E-state index is 8.63. The molecule has 0 unspecified atom stereocenters. The second-order valence-electron chi connectivity index (χ2n) is 1.56. The summed E-state index contributed by atoms with van der Waals surface area (Å²) < 4.78 is 0. The van der Waals surface area contributed by atoms with Gasteiger partial charge in [0.1, 0.15) is 5.75 Å². The summed E-state index contributed by atoms with van der Waals surface area (Å²) in [5, 5.41) is 23.4. The minimum atomic E-state index is -1.75. The number of para-hydroxylation sites is 1. The number of rotatable bonds is 0. The van der Waals surface area contributed by atoms with Crippen LogP contribution in [-0.4, -0.2) is 10.2 Å². The van der Waals surface area contributed by atoms with Gasteiger partial charge >= 0.3 is 27.7 Å². The van der Waals surface area contributed by atoms with Crippen molar-refractivity contribution in [2.75, 3.05) is 0 Å². The van der Waals surface area contributed by atoms with Crippen molar-refractivity contribution < 1.29 is 37.9 Å². The van der Waals surface area contributed by atoms with Gasteiger partial charge in [0.2, 0.25) is 0 Å². The molecule has 1 aromatic rings. The Balaban J connectivity index is 0. The summed E-state index contributed by atoms with van der Waals surface area (Å²) in [5.41, 5.74) is 0. The Labute approximate surface area is 89.3 Å². The van der Waals surface area contributed by atoms with Gasteiger partial charge in [-0.05, 0) is 12.1 Å². The first-order chi connectivity index (χ1) is 5.13. The van der Waals surface area contributed by atoms with E-state index in [1.165, 1.54) is 0 Å². The molecule has 5 nitrogen and oxygen atoms in total. The SMILES string of the molecule is O=[N+]([O-])[O-].Oc1ccccc1.[Hg+]. The van der Waals surface area contributed by atoms with E-state index in [-0.39, 0.29) is 27.7 Å². The Morgan fingerprint density at radius 2 is 1.50 bits per heavy atom. The largest absolute Gasteiger partial charge is 1.00 e. The van der Waals surface area contributed by atoms with Crippen molar-refractivity contribution in [3.05, 3.63) is 45.7 Å². The summed E-state index contributed by atoms with van der Waals surface area (Å²) in [4.78, 5) is 8.25. The van der Waals surface area contributed by atoms with Crippen molar-refractivity contribution in [3.63, 3.8) is 0 Å². The van der Waals surface area contributed by atoms with Gasteiger partial charge in [-0.1, -0.05) is 18.2 Å². The number of phenolic OH excluding ortho intramolecular Hbond substituents is 1. The maximum absolute atomic E-state index is 8.63. The fourth-order valence-corrected chi connectivity index (χ4v) is 0.428. The Bertz CT molecular complexity index is 212. The quantitative estimate of drug-likeness (QED) is 0.429. The van der Waals surface area contributed by atoms with Crippen molar-refractivity contribution in [2.24, 2.45) is 0 Å². The minimum absolute atomic E-state index is 0. The molecule has 0 heterocycles. The van der Waals surface area contributed by atoms with E-state index in [9.17, 15) is 0 Å². The Hall–Kier alpha value is -0.845. The molecule has 6 heteroatoms. The molecule has 0 aromatic heterocycles. The third kappa shape index (κ3) is 11.9. The molecule has 12 heavy (non-hydrogen) atoms. The Kier molecular flexibility index (Phi) is 9.44. The molecule has 0 spiro atoms. The van der Waals surface area contributed by atoms with Gasteiger partial charge in [0.05, 0.1) is 5.09 Å². The number of hydrogen-bond acceptors (Lipinski definition) is 4. The first kappa shape index (κ1) is 13.7. The number of aromatic hydroxyl groups is 1. The van der Waals surface area contributed by atoms with Gasteiger partial charge < -0.3 is 20.4 Å². The summed E-state index contributed by atoms with van der Waals surface area (Å²) >= 11 is 0. The number of benzene rings is 1. The zero-order valence-electron chi connectivity index (χ0n) is 6.21. The predicted molar refractivity (Wildman–Crippen MR) is 38.5 cm³/mol. The van der Waals surface area contributed by atoms with Crippen LogP contribution in [0.1, 0.15) is 0 Å². The van der Waals surface area contributed by atoms with Crippen LogP contribution in [0.25, 0.3) is 0 Å². The van der Waals surface area contributed by atoms with E-state index in [4.69, 9.17) is 20.4 Å². The minimum Gasteiger partial charge on any atom is -0.508 e. The zero-order valence-corrected chi connectivity index (χ0v) is 11.7. The maximum Gasteiger partial charge on any atom is 1.00 e. The van der Waals surface area contributed by atoms with Gasteiger partial charge in [-0.15, -0.1) is 0 Å². The molecular formula is C6H6HgNO4. The van der Waals surface area contributed by atoms with Crippen LogP contribution in [0.2, 0.25) is 0 Å². The van der Waals surface area contributed by atoms with E-state index in [2.05, 4.69) is 0 Å². The van der Waals surface area contributed by atoms with Crippen molar-refractivity contribution in [1.82, 2.24) is 0 Å². The molecule has 0 saturated carbocycles. The fraction of sp³-hybridized carbons (Fsp3) is 0. The number of hydrogen-bond donors (Lipinski definition) is 1. The van der Waals surface area contributed by atoms with Crippen LogP contribution in [0.3, 0.4) is 0 Å². The topological polar surface area (TPSA) is 86.4 Å². The van der Waals surface area contributed by atoms with Gasteiger partial charge in [-0.2, -0.15) is 0 Å². The molecule has 0 amide bonds. The molecule has 61 valence electrons. The summed E-state index contributed by atoms with van der Waals surface area (Å²) in [7, 11) is 0. The van der Waals surface area contributed by atoms with Crippen LogP contribution < -0.4 is 0 Å². The zero-order chi connectivity index (χ0) is 8.69. The molecule has 0 bridgehead atoms. The number of nitrogens with zero attached hydrogens (tertiary/aromatic N) is 1. The van der Waals surface area contributed by atoms with E-state index in [0.717, 1.165) is 0 Å². The molecule has 1 radical (unpaired) electrons. The van der Waals surface area contributed by atoms with Crippen LogP contribution in [-0.2, 0) is 27.7 Å². The second-order valence-corrected chi connectivity index (χ2v) is 1.56. The van der Waals surface area contributed by atoms with Gasteiger partial charge in [0.25, 0.3) is 0 Å². The van der Waals surface area contributed by atoms with E-state index >= 15 is 0 Å². The molecule has 1 N–H and O–H groups in total. The molecule has 0 fully saturated rings. The summed E-state index contributed by atoms with van der Waals surface area (Å²) in [6.07, 6.45) is 0. The normalized spacial score (nSPS) is 7.00. The average Bonchev–Trinajstić information content (AvgIpc) is 1.87. The second kappa shape index (κ2) is 8.25. The van der Waals surface area contributed by atoms with E-state index in [0.29, 0.717) is 5.75 Å². The first-order valence-electron chi connectivity index (χ1n) is 2.68. The summed E-state index contributed by atoms with van der Waals surface area (Å²) in [6, 6.07) is 8.71. The Morgan fingerprint density at radius 1 is 1.17 bits per heavy atom. The van der Waals surface area contributed by atoms with Gasteiger partial charge in [-0.3, -0.25) is 0 Å². The van der Waals surface area contributed by atoms with Crippen molar-refractivity contribution >= 4 is 0 Å². The van der Waals surface area contributed by atoms with Crippen LogP contribution in [0.4, 0.5) is 0 Å². The third-order valence-electron chi connectivity index (χ3n) is 0.756. The molecule has 1 rings (SSSR count). The summed E-state index contributed by atoms with van der Waals surface area (Å²) in [5.74, 6) is 0.322. The van der Waals surface area contributed by atoms with Crippen LogP contribution in [0, 0.1) is 15.3 Å². The van der Waals surface area contributed by atoms with Crippen LogP contribution >= 0.6 is 0 Å². The Morgan fingerprint density at radius 3 is 1.67 bits per heavy atom. The fourth-order valence-electron chi connectivity index (χ4n) is 0.428. The molecule has 0 saturated heterocycles. The first-order valence-corrected chi connectivity index (χ1v) is 2.68. The molecule has 0 atom stereocenters. The monoisotopic (exact) mass is 358 g/mol. The van der Waals surface area contributed by atoms with Crippen molar-refractivity contribution in [1.29, 1.82) is 0 Å². The smallest absolute Gasteiger partial charge is 0.508 e. The summed E-state index contributed by atoms with van der Waals surface area (Å²) in [6.45, 7) is 0. The predicted octanol–water partition coefficient (Wildman–Crippen LogP) is 1.15. The van der Waals surface area contributed by atoms with E-state index in [1.807, 2.05) is 6.07 Å². The van der Waals surface area contributed by atoms with Gasteiger partial charge in [0, 0.05) is 0 Å². The third-order valence-corrected chi connectivity index (χ3v) is 0.756. The average molecular weight is 357 g/mol. The molecule has 0 aliphatic rings. The van der Waals surface area contributed by atoms with Gasteiger partial charge in [-0.25, -0.2) is 0 Å². The number of phenols is 1. The molecule has 0 aliphatic carbocycles. The van der Waals surface area contributed by atoms with E-state index < -0.39 is 5.09 Å². The van der Waals surface area contributed by atoms with Gasteiger partial charge in [0.15, 0.2) is 0 Å². The molecule has 0 aliphatic heterocycles. The molecule has 1 aromatic carbocycles. The van der Waals surface area contributed by atoms with Crippen LogP contribution in [0.5, 0.6) is 5.75 Å². The standard InChI is InChI=1S/C6H6O.Hg.NO3/c7-6-4-2-1-3-5-6;;2-1(3)4/h1-5,7H;;/q;+1;-1. The molecular weight excluding hydrogens is 351 g/mol. The van der Waals surface area contributed by atoms with E-state index in [1.54, 1.807) is 24.3 Å². The van der Waals surface area contributed by atoms with Crippen molar-refractivity contribution in [3.8, 4) is 5.75 Å². The van der Waals surface area contributed by atoms with Crippen molar-refractivity contribution in [2.45, 2.75) is 0 Å². The van der Waals surface area contributed by atoms with Crippen LogP contribution in [0.15, 0.2) is 30.3 Å².